The molecule has 0 atom stereocenters. The molecule has 0 bridgehead atoms. The highest BCUT2D eigenvalue weighted by atomic mass is 32.2. The first-order valence-electron chi connectivity index (χ1n) is 8.03. The van der Waals surface area contributed by atoms with Gasteiger partial charge in [0.1, 0.15) is 5.75 Å². The van der Waals surface area contributed by atoms with E-state index in [0.29, 0.717) is 18.1 Å². The molecule has 6 heteroatoms. The van der Waals surface area contributed by atoms with Gasteiger partial charge < -0.3 is 9.52 Å². The molecule has 1 heterocycles. The lowest BCUT2D eigenvalue weighted by molar-refractivity contribution is 0.422. The average Bonchev–Trinajstić information content (AvgIpc) is 2.83. The summed E-state index contributed by atoms with van der Waals surface area (Å²) in [6, 6.07) is 4.10. The number of nitrogens with one attached hydrogen (secondary N) is 1. The number of aryl methyl sites for hydroxylation is 1. The van der Waals surface area contributed by atoms with Crippen LogP contribution in [-0.2, 0) is 17.3 Å². The zero-order valence-corrected chi connectivity index (χ0v) is 16.0. The third-order valence-corrected chi connectivity index (χ3v) is 4.74. The molecule has 0 aliphatic rings. The van der Waals surface area contributed by atoms with Gasteiger partial charge in [-0.2, -0.15) is 0 Å². The van der Waals surface area contributed by atoms with Gasteiger partial charge >= 0.3 is 5.76 Å². The van der Waals surface area contributed by atoms with Crippen LogP contribution >= 0.6 is 11.8 Å². The molecule has 1 aromatic carbocycles. The quantitative estimate of drug-likeness (QED) is 0.815. The summed E-state index contributed by atoms with van der Waals surface area (Å²) in [7, 11) is 0. The van der Waals surface area contributed by atoms with Crippen LogP contribution in [0, 0.1) is 0 Å². The summed E-state index contributed by atoms with van der Waals surface area (Å²) >= 11 is 1.67. The molecule has 0 spiro atoms. The Balaban J connectivity index is 2.27. The Hall–Kier alpha value is -1.69. The van der Waals surface area contributed by atoms with Crippen LogP contribution in [0.15, 0.2) is 26.2 Å². The highest BCUT2D eigenvalue weighted by molar-refractivity contribution is 7.99. The van der Waals surface area contributed by atoms with Crippen molar-refractivity contribution >= 4 is 11.8 Å². The second-order valence-corrected chi connectivity index (χ2v) is 9.14. The molecule has 24 heavy (non-hydrogen) atoms. The van der Waals surface area contributed by atoms with Crippen LogP contribution in [0.1, 0.15) is 58.6 Å². The minimum atomic E-state index is -0.523. The number of aromatic nitrogens is 2. The van der Waals surface area contributed by atoms with E-state index in [1.807, 2.05) is 0 Å². The Kier molecular flexibility index (Phi) is 5.18. The highest BCUT2D eigenvalue weighted by Crippen LogP contribution is 2.41. The van der Waals surface area contributed by atoms with Gasteiger partial charge in [-0.1, -0.05) is 41.5 Å². The van der Waals surface area contributed by atoms with Crippen LogP contribution in [0.3, 0.4) is 0 Å². The van der Waals surface area contributed by atoms with Gasteiger partial charge in [0, 0.05) is 28.2 Å². The molecule has 0 aliphatic carbocycles. The Bertz CT molecular complexity index is 729. The van der Waals surface area contributed by atoms with Crippen LogP contribution in [0.5, 0.6) is 5.75 Å². The molecule has 2 rings (SSSR count). The van der Waals surface area contributed by atoms with E-state index >= 15 is 0 Å². The van der Waals surface area contributed by atoms with Crippen LogP contribution in [0.25, 0.3) is 0 Å². The molecule has 0 unspecified atom stereocenters. The van der Waals surface area contributed by atoms with Gasteiger partial charge in [0.05, 0.1) is 0 Å². The number of rotatable bonds is 4. The summed E-state index contributed by atoms with van der Waals surface area (Å²) < 4.78 is 4.92. The van der Waals surface area contributed by atoms with Crippen molar-refractivity contribution in [2.24, 2.45) is 0 Å². The molecule has 0 saturated carbocycles. The number of H-pyrrole nitrogens is 1. The summed E-state index contributed by atoms with van der Waals surface area (Å²) in [5.74, 6) is 1.02. The standard InChI is InChI=1S/C18H26N2O3S/c1-17(2,3)12-9-11(10-13(15(12)21)18(4,5)6)24-8-7-14-19-20-16(22)23-14/h9-10,21H,7-8H2,1-6H3,(H,20,22). The molecule has 5 nitrogen and oxygen atoms in total. The number of phenols is 1. The predicted molar refractivity (Wildman–Crippen MR) is 97.1 cm³/mol. The van der Waals surface area contributed by atoms with Crippen molar-refractivity contribution in [1.29, 1.82) is 0 Å². The molecule has 2 N–H and O–H groups in total. The lowest BCUT2D eigenvalue weighted by Crippen LogP contribution is -2.17. The van der Waals surface area contributed by atoms with Gasteiger partial charge in [0.2, 0.25) is 5.89 Å². The average molecular weight is 350 g/mol. The maximum atomic E-state index is 11.0. The number of aromatic amines is 1. The van der Waals surface area contributed by atoms with Crippen molar-refractivity contribution in [1.82, 2.24) is 10.2 Å². The summed E-state index contributed by atoms with van der Waals surface area (Å²) in [4.78, 5) is 12.0. The zero-order chi connectivity index (χ0) is 18.1. The van der Waals surface area contributed by atoms with Gasteiger partial charge in [-0.3, -0.25) is 0 Å². The molecule has 0 saturated heterocycles. The number of hydrogen-bond donors (Lipinski definition) is 2. The fourth-order valence-corrected chi connectivity index (χ4v) is 3.37. The summed E-state index contributed by atoms with van der Waals surface area (Å²) in [5.41, 5.74) is 1.61. The monoisotopic (exact) mass is 350 g/mol. The number of nitrogens with zero attached hydrogens (tertiary/aromatic N) is 1. The Morgan fingerprint density at radius 3 is 2.08 bits per heavy atom. The van der Waals surface area contributed by atoms with Crippen molar-refractivity contribution < 1.29 is 9.52 Å². The van der Waals surface area contributed by atoms with E-state index in [9.17, 15) is 9.90 Å². The molecular weight excluding hydrogens is 324 g/mol. The van der Waals surface area contributed by atoms with Crippen LogP contribution in [-0.4, -0.2) is 21.1 Å². The minimum absolute atomic E-state index is 0.143. The molecule has 0 amide bonds. The van der Waals surface area contributed by atoms with Crippen molar-refractivity contribution in [3.05, 3.63) is 39.7 Å². The van der Waals surface area contributed by atoms with Gasteiger partial charge in [-0.15, -0.1) is 16.9 Å². The van der Waals surface area contributed by atoms with Crippen molar-refractivity contribution in [2.75, 3.05) is 5.75 Å². The third-order valence-electron chi connectivity index (χ3n) is 3.77. The van der Waals surface area contributed by atoms with Crippen LogP contribution in [0.4, 0.5) is 0 Å². The molecule has 0 radical (unpaired) electrons. The van der Waals surface area contributed by atoms with Gasteiger partial charge in [-0.25, -0.2) is 9.89 Å². The van der Waals surface area contributed by atoms with E-state index in [1.165, 1.54) is 0 Å². The fraction of sp³-hybridized carbons (Fsp3) is 0.556. The molecule has 0 fully saturated rings. The van der Waals surface area contributed by atoms with Gasteiger partial charge in [0.15, 0.2) is 0 Å². The number of thioether (sulfide) groups is 1. The number of benzene rings is 1. The van der Waals surface area contributed by atoms with E-state index in [2.05, 4.69) is 63.9 Å². The lowest BCUT2D eigenvalue weighted by Gasteiger charge is -2.28. The van der Waals surface area contributed by atoms with E-state index in [0.717, 1.165) is 21.8 Å². The predicted octanol–water partition coefficient (Wildman–Crippen LogP) is 4.00. The second-order valence-electron chi connectivity index (χ2n) is 7.97. The Morgan fingerprint density at radius 2 is 1.67 bits per heavy atom. The van der Waals surface area contributed by atoms with Gasteiger partial charge in [0.25, 0.3) is 0 Å². The molecule has 1 aromatic heterocycles. The fourth-order valence-electron chi connectivity index (χ4n) is 2.46. The minimum Gasteiger partial charge on any atom is -0.507 e. The maximum Gasteiger partial charge on any atom is 0.434 e. The lowest BCUT2D eigenvalue weighted by atomic mass is 9.79. The highest BCUT2D eigenvalue weighted by Gasteiger charge is 2.26. The van der Waals surface area contributed by atoms with E-state index in [4.69, 9.17) is 4.42 Å². The normalized spacial score (nSPS) is 12.6. The zero-order valence-electron chi connectivity index (χ0n) is 15.2. The maximum absolute atomic E-state index is 11.0. The Morgan fingerprint density at radius 1 is 1.12 bits per heavy atom. The summed E-state index contributed by atoms with van der Waals surface area (Å²) in [6.07, 6.45) is 0.569. The summed E-state index contributed by atoms with van der Waals surface area (Å²) in [5, 5.41) is 16.8. The molecule has 0 aliphatic heterocycles. The Labute approximate surface area is 146 Å². The molecule has 132 valence electrons. The first kappa shape index (κ1) is 18.6. The van der Waals surface area contributed by atoms with Crippen molar-refractivity contribution in [3.63, 3.8) is 0 Å². The first-order chi connectivity index (χ1) is 11.0. The first-order valence-corrected chi connectivity index (χ1v) is 9.02. The summed E-state index contributed by atoms with van der Waals surface area (Å²) in [6.45, 7) is 12.6. The van der Waals surface area contributed by atoms with Crippen molar-refractivity contribution in [3.8, 4) is 5.75 Å². The molecule has 2 aromatic rings. The van der Waals surface area contributed by atoms with E-state index in [1.54, 1.807) is 11.8 Å². The molecular formula is C18H26N2O3S. The third kappa shape index (κ3) is 4.44. The largest absolute Gasteiger partial charge is 0.507 e. The second kappa shape index (κ2) is 6.67. The van der Waals surface area contributed by atoms with Crippen LogP contribution < -0.4 is 5.76 Å². The number of aromatic hydroxyl groups is 1. The SMILES string of the molecule is CC(C)(C)c1cc(SCCc2n[nH]c(=O)o2)cc(C(C)(C)C)c1O. The van der Waals surface area contributed by atoms with Gasteiger partial charge in [-0.05, 0) is 23.0 Å². The topological polar surface area (TPSA) is 79.1 Å². The van der Waals surface area contributed by atoms with E-state index in [-0.39, 0.29) is 10.8 Å². The number of phenolic OH excluding ortho intramolecular Hbond substituents is 1. The van der Waals surface area contributed by atoms with Crippen molar-refractivity contribution in [2.45, 2.75) is 63.7 Å². The number of hydrogen-bond acceptors (Lipinski definition) is 5. The smallest absolute Gasteiger partial charge is 0.434 e. The van der Waals surface area contributed by atoms with E-state index < -0.39 is 5.76 Å². The van der Waals surface area contributed by atoms with Crippen LogP contribution in [0.2, 0.25) is 0 Å².